The summed E-state index contributed by atoms with van der Waals surface area (Å²) in [6.07, 6.45) is 12.0. The monoisotopic (exact) mass is 840 g/mol. The molecule has 0 bridgehead atoms. The van der Waals surface area contributed by atoms with E-state index in [9.17, 15) is 19.2 Å². The van der Waals surface area contributed by atoms with Gasteiger partial charge >= 0.3 is 11.9 Å². The van der Waals surface area contributed by atoms with Crippen LogP contribution in [0.2, 0.25) is 0 Å². The van der Waals surface area contributed by atoms with Crippen molar-refractivity contribution in [3.63, 3.8) is 0 Å². The number of alkyl halides is 1. The third-order valence-corrected chi connectivity index (χ3v) is 12.9. The summed E-state index contributed by atoms with van der Waals surface area (Å²) >= 11 is 5.75. The molecular weight excluding hydrogens is 788 g/mol. The average Bonchev–Trinajstić information content (AvgIpc) is 3.77. The van der Waals surface area contributed by atoms with Crippen molar-refractivity contribution in [1.82, 2.24) is 9.55 Å². The molecule has 0 saturated heterocycles. The van der Waals surface area contributed by atoms with Crippen LogP contribution in [-0.2, 0) is 25.6 Å². The van der Waals surface area contributed by atoms with Gasteiger partial charge in [0.1, 0.15) is 12.4 Å². The summed E-state index contributed by atoms with van der Waals surface area (Å²) in [5.74, 6) is -0.211. The number of anilines is 2. The Bertz CT molecular complexity index is 2660. The van der Waals surface area contributed by atoms with Crippen molar-refractivity contribution in [2.24, 2.45) is 0 Å². The van der Waals surface area contributed by atoms with Gasteiger partial charge in [-0.1, -0.05) is 74.9 Å². The van der Waals surface area contributed by atoms with Gasteiger partial charge in [0, 0.05) is 27.4 Å². The summed E-state index contributed by atoms with van der Waals surface area (Å²) in [6.45, 7) is 4.27. The number of esters is 2. The summed E-state index contributed by atoms with van der Waals surface area (Å²) in [4.78, 5) is 52.7. The van der Waals surface area contributed by atoms with Crippen LogP contribution < -0.4 is 10.6 Å². The third kappa shape index (κ3) is 8.43. The van der Waals surface area contributed by atoms with Gasteiger partial charge in [-0.2, -0.15) is 0 Å². The molecule has 1 aliphatic heterocycles. The SMILES string of the molecule is COC(=O)c1ccc2c(C3CCCCC3)c(-c3ccc(C)cc3NC(=O)CCl)[nH]c2c1.COC(=O)c1ccc2c(C3CCCCC3)c3n(c2c1)CC(=O)Nc1cc(C)ccc1-3. The van der Waals surface area contributed by atoms with Crippen molar-refractivity contribution >= 4 is 68.5 Å². The number of aryl methyl sites for hydroxylation is 2. The van der Waals surface area contributed by atoms with E-state index in [1.165, 1.54) is 63.9 Å². The number of aromatic nitrogens is 2. The minimum absolute atomic E-state index is 0.0452. The van der Waals surface area contributed by atoms with Crippen LogP contribution in [0.15, 0.2) is 72.8 Å². The van der Waals surface area contributed by atoms with Gasteiger partial charge in [0.25, 0.3) is 0 Å². The molecular formula is C50H53ClN4O6. The molecule has 2 amide bonds. The summed E-state index contributed by atoms with van der Waals surface area (Å²) in [5, 5.41) is 8.30. The summed E-state index contributed by atoms with van der Waals surface area (Å²) in [7, 11) is 2.78. The largest absolute Gasteiger partial charge is 0.465 e. The molecule has 3 N–H and O–H groups in total. The molecule has 2 aromatic heterocycles. The predicted octanol–water partition coefficient (Wildman–Crippen LogP) is 11.6. The fourth-order valence-corrected chi connectivity index (χ4v) is 9.90. The van der Waals surface area contributed by atoms with Gasteiger partial charge < -0.3 is 29.7 Å². The van der Waals surface area contributed by atoms with E-state index < -0.39 is 0 Å². The number of fused-ring (bicyclic) bond motifs is 6. The number of aromatic amines is 1. The maximum atomic E-state index is 12.8. The maximum absolute atomic E-state index is 12.8. The van der Waals surface area contributed by atoms with E-state index in [0.29, 0.717) is 23.0 Å². The van der Waals surface area contributed by atoms with Crippen molar-refractivity contribution < 1.29 is 28.7 Å². The topological polar surface area (TPSA) is 132 Å². The van der Waals surface area contributed by atoms with Gasteiger partial charge in [0.15, 0.2) is 0 Å². The second-order valence-electron chi connectivity index (χ2n) is 16.7. The molecule has 0 atom stereocenters. The summed E-state index contributed by atoms with van der Waals surface area (Å²) in [5.41, 5.74) is 13.3. The number of rotatable bonds is 7. The minimum Gasteiger partial charge on any atom is -0.465 e. The fraction of sp³-hybridized carbons (Fsp3) is 0.360. The molecule has 0 unspecified atom stereocenters. The Morgan fingerprint density at radius 1 is 0.721 bits per heavy atom. The number of carbonyl (C=O) groups is 4. The lowest BCUT2D eigenvalue weighted by atomic mass is 9.81. The molecule has 3 heterocycles. The molecule has 2 fully saturated rings. The Morgan fingerprint density at radius 2 is 1.31 bits per heavy atom. The van der Waals surface area contributed by atoms with Crippen LogP contribution >= 0.6 is 11.6 Å². The van der Waals surface area contributed by atoms with E-state index in [-0.39, 0.29) is 36.2 Å². The Labute approximate surface area is 361 Å². The standard InChI is InChI=1S/C25H27ClN2O3.C25H26N2O3/c1-15-8-10-19(20(12-15)27-22(29)14-26)24-23(16-6-4-3-5-7-16)18-11-9-17(25(30)31-2)13-21(18)28-24;1-15-8-10-18-20(12-15)26-22(28)14-27-21-13-17(25(29)30-2)9-11-19(21)23(24(18)27)16-6-4-3-5-7-16/h8-13,16,28H,3-7,14H2,1-2H3,(H,27,29);8-13,16H,3-7,14H2,1-2H3,(H,26,28). The van der Waals surface area contributed by atoms with Crippen LogP contribution in [0.25, 0.3) is 44.3 Å². The Balaban J connectivity index is 0.000000168. The van der Waals surface area contributed by atoms with Crippen molar-refractivity contribution in [1.29, 1.82) is 0 Å². The number of ether oxygens (including phenoxy) is 2. The van der Waals surface area contributed by atoms with Crippen LogP contribution in [-0.4, -0.2) is 53.4 Å². The van der Waals surface area contributed by atoms with Crippen molar-refractivity contribution in [3.05, 3.63) is 106 Å². The molecule has 4 aromatic carbocycles. The maximum Gasteiger partial charge on any atom is 0.337 e. The molecule has 10 nitrogen and oxygen atoms in total. The van der Waals surface area contributed by atoms with E-state index >= 15 is 0 Å². The molecule has 2 saturated carbocycles. The molecule has 3 aliphatic rings. The van der Waals surface area contributed by atoms with Gasteiger partial charge in [-0.15, -0.1) is 11.6 Å². The van der Waals surface area contributed by atoms with Crippen LogP contribution in [0, 0.1) is 13.8 Å². The second kappa shape index (κ2) is 18.0. The number of amides is 2. The first kappa shape index (κ1) is 41.8. The van der Waals surface area contributed by atoms with E-state index in [0.717, 1.165) is 92.5 Å². The average molecular weight is 841 g/mol. The zero-order chi connectivity index (χ0) is 42.8. The number of nitrogens with zero attached hydrogens (tertiary/aromatic N) is 1. The zero-order valence-electron chi connectivity index (χ0n) is 35.3. The number of halogens is 1. The van der Waals surface area contributed by atoms with Crippen molar-refractivity contribution in [2.45, 2.75) is 96.4 Å². The fourth-order valence-electron chi connectivity index (χ4n) is 9.84. The minimum atomic E-state index is -0.360. The van der Waals surface area contributed by atoms with E-state index in [4.69, 9.17) is 21.1 Å². The first-order valence-electron chi connectivity index (χ1n) is 21.4. The van der Waals surface area contributed by atoms with Crippen LogP contribution in [0.5, 0.6) is 0 Å². The first-order valence-corrected chi connectivity index (χ1v) is 22.0. The summed E-state index contributed by atoms with van der Waals surface area (Å²) in [6, 6.07) is 23.8. The normalized spacial score (nSPS) is 15.5. The highest BCUT2D eigenvalue weighted by Gasteiger charge is 2.31. The number of H-pyrrole nitrogens is 1. The molecule has 316 valence electrons. The molecule has 9 rings (SSSR count). The molecule has 0 radical (unpaired) electrons. The lowest BCUT2D eigenvalue weighted by molar-refractivity contribution is -0.116. The highest BCUT2D eigenvalue weighted by Crippen LogP contribution is 2.47. The number of methoxy groups -OCH3 is 2. The van der Waals surface area contributed by atoms with Crippen molar-refractivity contribution in [3.8, 4) is 22.5 Å². The number of benzene rings is 4. The quantitative estimate of drug-likeness (QED) is 0.108. The highest BCUT2D eigenvalue weighted by molar-refractivity contribution is 6.29. The molecule has 0 spiro atoms. The highest BCUT2D eigenvalue weighted by atomic mass is 35.5. The van der Waals surface area contributed by atoms with E-state index in [2.05, 4.69) is 32.3 Å². The lowest BCUT2D eigenvalue weighted by Gasteiger charge is -2.23. The first-order chi connectivity index (χ1) is 29.6. The van der Waals surface area contributed by atoms with Gasteiger partial charge in [0.05, 0.1) is 53.6 Å². The van der Waals surface area contributed by atoms with E-state index in [1.54, 1.807) is 0 Å². The Hall–Kier alpha value is -5.87. The van der Waals surface area contributed by atoms with Crippen LogP contribution in [0.3, 0.4) is 0 Å². The number of hydrogen-bond acceptors (Lipinski definition) is 6. The smallest absolute Gasteiger partial charge is 0.337 e. The lowest BCUT2D eigenvalue weighted by Crippen LogP contribution is -2.16. The van der Waals surface area contributed by atoms with Crippen LogP contribution in [0.1, 0.15) is 119 Å². The van der Waals surface area contributed by atoms with Gasteiger partial charge in [-0.05, 0) is 110 Å². The van der Waals surface area contributed by atoms with Gasteiger partial charge in [0.2, 0.25) is 11.8 Å². The Kier molecular flexibility index (Phi) is 12.3. The molecule has 2 aliphatic carbocycles. The molecule has 6 aromatic rings. The number of nitrogens with one attached hydrogen (secondary N) is 3. The van der Waals surface area contributed by atoms with Crippen LogP contribution in [0.4, 0.5) is 11.4 Å². The summed E-state index contributed by atoms with van der Waals surface area (Å²) < 4.78 is 11.9. The number of carbonyl (C=O) groups excluding carboxylic acids is 4. The van der Waals surface area contributed by atoms with Crippen molar-refractivity contribution in [2.75, 3.05) is 30.7 Å². The zero-order valence-corrected chi connectivity index (χ0v) is 36.1. The van der Waals surface area contributed by atoms with Gasteiger partial charge in [-0.3, -0.25) is 9.59 Å². The molecule has 61 heavy (non-hydrogen) atoms. The number of hydrogen-bond donors (Lipinski definition) is 3. The van der Waals surface area contributed by atoms with E-state index in [1.807, 2.05) is 74.5 Å². The predicted molar refractivity (Wildman–Crippen MR) is 243 cm³/mol. The molecule has 11 heteroatoms. The third-order valence-electron chi connectivity index (χ3n) is 12.7. The second-order valence-corrected chi connectivity index (χ2v) is 17.0. The van der Waals surface area contributed by atoms with Gasteiger partial charge in [-0.25, -0.2) is 9.59 Å². The Morgan fingerprint density at radius 3 is 1.95 bits per heavy atom.